The van der Waals surface area contributed by atoms with Crippen molar-refractivity contribution in [3.63, 3.8) is 0 Å². The van der Waals surface area contributed by atoms with E-state index >= 15 is 0 Å². The summed E-state index contributed by atoms with van der Waals surface area (Å²) in [7, 11) is 0. The number of hydrogen-bond acceptors (Lipinski definition) is 4. The van der Waals surface area contributed by atoms with Gasteiger partial charge in [0.25, 0.3) is 0 Å². The minimum atomic E-state index is -4.08. The Morgan fingerprint density at radius 2 is 1.89 bits per heavy atom. The third kappa shape index (κ3) is 7.64. The van der Waals surface area contributed by atoms with Crippen LogP contribution in [0.4, 0.5) is 13.2 Å². The summed E-state index contributed by atoms with van der Waals surface area (Å²) >= 11 is 0. The van der Waals surface area contributed by atoms with Crippen molar-refractivity contribution in [3.8, 4) is 5.88 Å². The number of hydrogen-bond donors (Lipinski definition) is 1. The summed E-state index contributed by atoms with van der Waals surface area (Å²) < 4.78 is 48.0. The number of aromatic nitrogens is 2. The molecule has 1 saturated carbocycles. The van der Waals surface area contributed by atoms with Gasteiger partial charge in [-0.05, 0) is 30.8 Å². The summed E-state index contributed by atoms with van der Waals surface area (Å²) in [5.41, 5.74) is -1.26. The molecule has 0 amide bonds. The first kappa shape index (κ1) is 23.0. The molecule has 0 saturated heterocycles. The molecule has 3 rings (SSSR count). The van der Waals surface area contributed by atoms with Crippen molar-refractivity contribution in [1.82, 2.24) is 10.2 Å². The molecule has 2 heterocycles. The molecule has 0 bridgehead atoms. The van der Waals surface area contributed by atoms with E-state index in [2.05, 4.69) is 36.0 Å². The van der Waals surface area contributed by atoms with Crippen molar-refractivity contribution in [2.75, 3.05) is 19.8 Å². The van der Waals surface area contributed by atoms with Gasteiger partial charge in [-0.1, -0.05) is 34.3 Å². The molecule has 0 atom stereocenters. The lowest BCUT2D eigenvalue weighted by atomic mass is 9.99. The van der Waals surface area contributed by atoms with Crippen LogP contribution in [0, 0.1) is 10.8 Å². The van der Waals surface area contributed by atoms with Gasteiger partial charge >= 0.3 is 6.18 Å². The largest absolute Gasteiger partial charge is 0.478 e. The Morgan fingerprint density at radius 3 is 2.33 bits per heavy atom. The van der Waals surface area contributed by atoms with Crippen molar-refractivity contribution >= 4 is 5.90 Å². The third-order valence-corrected chi connectivity index (χ3v) is 4.03. The molecule has 2 aliphatic rings. The third-order valence-electron chi connectivity index (χ3n) is 4.03. The quantitative estimate of drug-likeness (QED) is 0.755. The number of nitrogens with zero attached hydrogens (tertiary/aromatic N) is 2. The van der Waals surface area contributed by atoms with Gasteiger partial charge in [0.15, 0.2) is 0 Å². The van der Waals surface area contributed by atoms with E-state index in [1.807, 2.05) is 12.1 Å². The molecule has 154 valence electrons. The Morgan fingerprint density at radius 1 is 1.19 bits per heavy atom. The Kier molecular flexibility index (Phi) is 7.92. The highest BCUT2D eigenvalue weighted by Gasteiger charge is 2.62. The van der Waals surface area contributed by atoms with Crippen LogP contribution in [-0.2, 0) is 4.74 Å². The van der Waals surface area contributed by atoms with E-state index in [4.69, 9.17) is 9.47 Å². The highest BCUT2D eigenvalue weighted by atomic mass is 19.4. The zero-order chi connectivity index (χ0) is 19.3. The van der Waals surface area contributed by atoms with Crippen LogP contribution < -0.4 is 4.74 Å². The average Bonchev–Trinajstić information content (AvgIpc) is 2.97. The second kappa shape index (κ2) is 9.28. The van der Waals surface area contributed by atoms with Gasteiger partial charge in [0, 0.05) is 6.07 Å². The lowest BCUT2D eigenvalue weighted by Crippen LogP contribution is -2.26. The summed E-state index contributed by atoms with van der Waals surface area (Å²) in [6.07, 6.45) is 1.62. The second-order valence-electron chi connectivity index (χ2n) is 7.73. The topological polar surface area (TPSA) is 59.5 Å². The summed E-state index contributed by atoms with van der Waals surface area (Å²) in [4.78, 5) is 3.94. The van der Waals surface area contributed by atoms with Crippen molar-refractivity contribution in [3.05, 3.63) is 24.4 Å². The molecule has 1 aromatic rings. The molecule has 1 aromatic heterocycles. The Labute approximate surface area is 159 Å². The van der Waals surface area contributed by atoms with Gasteiger partial charge in [-0.25, -0.2) is 10.1 Å². The molecular formula is C19H30F3N3O2. The van der Waals surface area contributed by atoms with Gasteiger partial charge < -0.3 is 9.47 Å². The molecule has 1 fully saturated rings. The normalized spacial score (nSPS) is 17.3. The first-order valence-electron chi connectivity index (χ1n) is 8.64. The molecule has 0 aromatic carbocycles. The van der Waals surface area contributed by atoms with Crippen LogP contribution >= 0.6 is 0 Å². The van der Waals surface area contributed by atoms with E-state index in [9.17, 15) is 13.2 Å². The van der Waals surface area contributed by atoms with E-state index in [0.29, 0.717) is 19.0 Å². The number of nitrogens with one attached hydrogen (secondary N) is 1. The van der Waals surface area contributed by atoms with Crippen LogP contribution in [0.3, 0.4) is 0 Å². The zero-order valence-electron chi connectivity index (χ0n) is 15.4. The standard InChI is InChI=1S/C10H12F3NO.C8H14N2O.CH4/c11-10(12,13)9(3-4-9)5-7-15-8-2-1-6-14-8;1-8(2,3)6-11-7-4-5-9-10-7;/h1-2H,3-7H2;4-5H,6H2,1-3H3,(H,9,10);1H4. The number of H-pyrrole nitrogens is 1. The van der Waals surface area contributed by atoms with Gasteiger partial charge in [0.1, 0.15) is 0 Å². The number of aliphatic imine (C=N–C) groups is 1. The van der Waals surface area contributed by atoms with Crippen molar-refractivity contribution in [1.29, 1.82) is 0 Å². The highest BCUT2D eigenvalue weighted by Crippen LogP contribution is 2.59. The van der Waals surface area contributed by atoms with Gasteiger partial charge in [-0.3, -0.25) is 0 Å². The SMILES string of the molecule is C.CC(C)(C)COc1ccn[nH]1.FC(F)(F)C1(CCOC2=NCC=C2)CC1. The summed E-state index contributed by atoms with van der Waals surface area (Å²) in [5, 5.41) is 6.51. The Bertz CT molecular complexity index is 613. The van der Waals surface area contributed by atoms with Crippen molar-refractivity contribution < 1.29 is 22.6 Å². The summed E-state index contributed by atoms with van der Waals surface area (Å²) in [5.74, 6) is 1.19. The smallest absolute Gasteiger partial charge is 0.394 e. The summed E-state index contributed by atoms with van der Waals surface area (Å²) in [6.45, 7) is 7.76. The predicted molar refractivity (Wildman–Crippen MR) is 100 cm³/mol. The number of halogens is 3. The molecule has 27 heavy (non-hydrogen) atoms. The van der Waals surface area contributed by atoms with Gasteiger partial charge in [0.2, 0.25) is 11.8 Å². The Balaban J connectivity index is 0.000000273. The first-order valence-corrected chi connectivity index (χ1v) is 8.64. The molecule has 1 N–H and O–H groups in total. The monoisotopic (exact) mass is 389 g/mol. The molecule has 8 heteroatoms. The molecule has 1 aliphatic carbocycles. The van der Waals surface area contributed by atoms with Gasteiger partial charge in [-0.15, -0.1) is 0 Å². The van der Waals surface area contributed by atoms with E-state index in [-0.39, 0.29) is 38.7 Å². The lowest BCUT2D eigenvalue weighted by molar-refractivity contribution is -0.190. The van der Waals surface area contributed by atoms with Crippen LogP contribution in [0.1, 0.15) is 47.5 Å². The van der Waals surface area contributed by atoms with Crippen LogP contribution in [0.5, 0.6) is 5.88 Å². The van der Waals surface area contributed by atoms with Crippen molar-refractivity contribution in [2.45, 2.75) is 53.6 Å². The number of alkyl halides is 3. The number of ether oxygens (including phenoxy) is 2. The van der Waals surface area contributed by atoms with Crippen LogP contribution in [-0.4, -0.2) is 42.0 Å². The minimum absolute atomic E-state index is 0. The molecule has 1 aliphatic heterocycles. The second-order valence-corrected chi connectivity index (χ2v) is 7.73. The fraction of sp³-hybridized carbons (Fsp3) is 0.684. The predicted octanol–water partition coefficient (Wildman–Crippen LogP) is 5.17. The van der Waals surface area contributed by atoms with E-state index in [0.717, 1.165) is 5.88 Å². The number of rotatable bonds is 5. The van der Waals surface area contributed by atoms with Crippen LogP contribution in [0.25, 0.3) is 0 Å². The van der Waals surface area contributed by atoms with E-state index in [1.165, 1.54) is 0 Å². The fourth-order valence-corrected chi connectivity index (χ4v) is 2.24. The first-order chi connectivity index (χ1) is 12.1. The zero-order valence-corrected chi connectivity index (χ0v) is 15.4. The maximum Gasteiger partial charge on any atom is 0.394 e. The molecule has 5 nitrogen and oxygen atoms in total. The molecule has 0 spiro atoms. The number of aromatic amines is 1. The minimum Gasteiger partial charge on any atom is -0.478 e. The molecular weight excluding hydrogens is 359 g/mol. The van der Waals surface area contributed by atoms with E-state index < -0.39 is 11.6 Å². The maximum atomic E-state index is 12.5. The lowest BCUT2D eigenvalue weighted by Gasteiger charge is -2.18. The van der Waals surface area contributed by atoms with Crippen molar-refractivity contribution in [2.24, 2.45) is 15.8 Å². The summed E-state index contributed by atoms with van der Waals surface area (Å²) in [6, 6.07) is 1.81. The molecule has 0 unspecified atom stereocenters. The average molecular weight is 389 g/mol. The maximum absolute atomic E-state index is 12.5. The molecule has 0 radical (unpaired) electrons. The fourth-order valence-electron chi connectivity index (χ4n) is 2.24. The van der Waals surface area contributed by atoms with E-state index in [1.54, 1.807) is 12.3 Å². The van der Waals surface area contributed by atoms with Gasteiger partial charge in [0.05, 0.1) is 31.4 Å². The van der Waals surface area contributed by atoms with Gasteiger partial charge in [-0.2, -0.15) is 18.3 Å². The van der Waals surface area contributed by atoms with Crippen LogP contribution in [0.15, 0.2) is 29.4 Å². The van der Waals surface area contributed by atoms with Crippen LogP contribution in [0.2, 0.25) is 0 Å². The highest BCUT2D eigenvalue weighted by molar-refractivity contribution is 5.89. The Hall–Kier alpha value is -1.99.